The smallest absolute Gasteiger partial charge is 0.0544 e. The molecule has 0 radical (unpaired) electrons. The van der Waals surface area contributed by atoms with Gasteiger partial charge in [0.05, 0.1) is 5.69 Å². The molecule has 1 saturated heterocycles. The molecule has 1 aromatic rings. The average molecular weight is 247 g/mol. The maximum atomic E-state index is 4.56. The predicted molar refractivity (Wildman–Crippen MR) is 75.3 cm³/mol. The van der Waals surface area contributed by atoms with Crippen molar-refractivity contribution < 1.29 is 0 Å². The van der Waals surface area contributed by atoms with Gasteiger partial charge in [-0.3, -0.25) is 9.88 Å². The van der Waals surface area contributed by atoms with E-state index in [1.54, 1.807) is 0 Å². The summed E-state index contributed by atoms with van der Waals surface area (Å²) in [7, 11) is 0. The van der Waals surface area contributed by atoms with E-state index in [4.69, 9.17) is 0 Å². The summed E-state index contributed by atoms with van der Waals surface area (Å²) in [5.74, 6) is 0.901. The van der Waals surface area contributed by atoms with E-state index in [0.29, 0.717) is 0 Å². The summed E-state index contributed by atoms with van der Waals surface area (Å²) in [6.45, 7) is 9.84. The molecular weight excluding hydrogens is 222 g/mol. The lowest BCUT2D eigenvalue weighted by atomic mass is 10.1. The molecule has 1 unspecified atom stereocenters. The number of hydrogen-bond acceptors (Lipinski definition) is 3. The van der Waals surface area contributed by atoms with Crippen molar-refractivity contribution >= 4 is 0 Å². The molecule has 100 valence electrons. The van der Waals surface area contributed by atoms with Crippen LogP contribution < -0.4 is 5.32 Å². The van der Waals surface area contributed by atoms with Gasteiger partial charge < -0.3 is 5.32 Å². The molecule has 3 heteroatoms. The van der Waals surface area contributed by atoms with E-state index in [1.165, 1.54) is 37.2 Å². The number of pyridine rings is 1. The number of aromatic nitrogens is 1. The summed E-state index contributed by atoms with van der Waals surface area (Å²) >= 11 is 0. The maximum Gasteiger partial charge on any atom is 0.0544 e. The topological polar surface area (TPSA) is 28.2 Å². The molecule has 0 bridgehead atoms. The molecule has 2 rings (SSSR count). The minimum atomic E-state index is 0.901. The summed E-state index contributed by atoms with van der Waals surface area (Å²) < 4.78 is 0. The van der Waals surface area contributed by atoms with Gasteiger partial charge in [-0.15, -0.1) is 0 Å². The van der Waals surface area contributed by atoms with Gasteiger partial charge in [0, 0.05) is 25.8 Å². The Kier molecular flexibility index (Phi) is 5.14. The van der Waals surface area contributed by atoms with Crippen molar-refractivity contribution in [3.8, 4) is 0 Å². The van der Waals surface area contributed by atoms with Gasteiger partial charge in [-0.1, -0.05) is 26.3 Å². The molecule has 2 heterocycles. The number of rotatable bonds is 6. The highest BCUT2D eigenvalue weighted by Gasteiger charge is 2.20. The van der Waals surface area contributed by atoms with Crippen LogP contribution in [0.5, 0.6) is 0 Å². The van der Waals surface area contributed by atoms with Gasteiger partial charge in [-0.05, 0) is 37.1 Å². The first kappa shape index (κ1) is 13.5. The van der Waals surface area contributed by atoms with Crippen molar-refractivity contribution in [2.45, 2.75) is 39.8 Å². The van der Waals surface area contributed by atoms with Gasteiger partial charge in [-0.25, -0.2) is 0 Å². The Bertz CT molecular complexity index is 347. The summed E-state index contributed by atoms with van der Waals surface area (Å²) in [5, 5.41) is 3.32. The Balaban J connectivity index is 1.83. The lowest BCUT2D eigenvalue weighted by molar-refractivity contribution is 0.311. The first-order valence-electron chi connectivity index (χ1n) is 7.18. The van der Waals surface area contributed by atoms with Crippen LogP contribution in [0.2, 0.25) is 0 Å². The van der Waals surface area contributed by atoms with Crippen LogP contribution in [0.1, 0.15) is 37.9 Å². The van der Waals surface area contributed by atoms with E-state index in [1.807, 2.05) is 6.20 Å². The molecule has 1 aromatic heterocycles. The van der Waals surface area contributed by atoms with Crippen LogP contribution in [0, 0.1) is 5.92 Å². The zero-order chi connectivity index (χ0) is 12.8. The van der Waals surface area contributed by atoms with E-state index in [-0.39, 0.29) is 0 Å². The lowest BCUT2D eigenvalue weighted by Gasteiger charge is -2.15. The van der Waals surface area contributed by atoms with Crippen LogP contribution in [-0.2, 0) is 13.1 Å². The van der Waals surface area contributed by atoms with Crippen LogP contribution in [0.15, 0.2) is 18.3 Å². The van der Waals surface area contributed by atoms with Gasteiger partial charge in [0.15, 0.2) is 0 Å². The lowest BCUT2D eigenvalue weighted by Crippen LogP contribution is -2.20. The molecule has 1 fully saturated rings. The van der Waals surface area contributed by atoms with Crippen molar-refractivity contribution in [1.29, 1.82) is 0 Å². The third-order valence-electron chi connectivity index (χ3n) is 3.80. The zero-order valence-electron chi connectivity index (χ0n) is 11.7. The largest absolute Gasteiger partial charge is 0.313 e. The molecule has 1 atom stereocenters. The SMILES string of the molecule is CCNCc1ccc(CN2CCC(CC)C2)nc1. The third-order valence-corrected chi connectivity index (χ3v) is 3.80. The molecule has 0 aliphatic carbocycles. The summed E-state index contributed by atoms with van der Waals surface area (Å²) in [6.07, 6.45) is 4.67. The second kappa shape index (κ2) is 6.86. The van der Waals surface area contributed by atoms with E-state index in [9.17, 15) is 0 Å². The van der Waals surface area contributed by atoms with Gasteiger partial charge >= 0.3 is 0 Å². The quantitative estimate of drug-likeness (QED) is 0.837. The number of nitrogens with zero attached hydrogens (tertiary/aromatic N) is 2. The van der Waals surface area contributed by atoms with E-state index < -0.39 is 0 Å². The highest BCUT2D eigenvalue weighted by molar-refractivity contribution is 5.14. The molecule has 18 heavy (non-hydrogen) atoms. The second-order valence-corrected chi connectivity index (χ2v) is 5.24. The van der Waals surface area contributed by atoms with Gasteiger partial charge in [-0.2, -0.15) is 0 Å². The maximum absolute atomic E-state index is 4.56. The Labute approximate surface area is 111 Å². The first-order valence-corrected chi connectivity index (χ1v) is 7.18. The third kappa shape index (κ3) is 3.79. The molecular formula is C15H25N3. The molecule has 0 saturated carbocycles. The Morgan fingerprint density at radius 1 is 1.39 bits per heavy atom. The minimum Gasteiger partial charge on any atom is -0.313 e. The summed E-state index contributed by atoms with van der Waals surface area (Å²) in [4.78, 5) is 7.09. The Morgan fingerprint density at radius 2 is 2.28 bits per heavy atom. The van der Waals surface area contributed by atoms with E-state index in [0.717, 1.165) is 25.6 Å². The highest BCUT2D eigenvalue weighted by atomic mass is 15.1. The number of likely N-dealkylation sites (tertiary alicyclic amines) is 1. The molecule has 1 aliphatic heterocycles. The van der Waals surface area contributed by atoms with Crippen LogP contribution >= 0.6 is 0 Å². The predicted octanol–water partition coefficient (Wildman–Crippen LogP) is 2.42. The van der Waals surface area contributed by atoms with Gasteiger partial charge in [0.1, 0.15) is 0 Å². The monoisotopic (exact) mass is 247 g/mol. The fraction of sp³-hybridized carbons (Fsp3) is 0.667. The molecule has 3 nitrogen and oxygen atoms in total. The van der Waals surface area contributed by atoms with Gasteiger partial charge in [0.2, 0.25) is 0 Å². The Hall–Kier alpha value is -0.930. The molecule has 1 N–H and O–H groups in total. The fourth-order valence-electron chi connectivity index (χ4n) is 2.54. The van der Waals surface area contributed by atoms with Crippen molar-refractivity contribution in [3.05, 3.63) is 29.6 Å². The molecule has 1 aliphatic rings. The van der Waals surface area contributed by atoms with Crippen molar-refractivity contribution in [1.82, 2.24) is 15.2 Å². The van der Waals surface area contributed by atoms with E-state index in [2.05, 4.69) is 41.2 Å². The normalized spacial score (nSPS) is 20.4. The summed E-state index contributed by atoms with van der Waals surface area (Å²) in [5.41, 5.74) is 2.47. The number of hydrogen-bond donors (Lipinski definition) is 1. The van der Waals surface area contributed by atoms with E-state index >= 15 is 0 Å². The molecule has 0 amide bonds. The molecule has 0 spiro atoms. The van der Waals surface area contributed by atoms with Crippen molar-refractivity contribution in [2.24, 2.45) is 5.92 Å². The second-order valence-electron chi connectivity index (χ2n) is 5.24. The van der Waals surface area contributed by atoms with Crippen molar-refractivity contribution in [3.63, 3.8) is 0 Å². The fourth-order valence-corrected chi connectivity index (χ4v) is 2.54. The standard InChI is InChI=1S/C15H25N3/c1-3-13-7-8-18(11-13)12-15-6-5-14(10-17-15)9-16-4-2/h5-6,10,13,16H,3-4,7-9,11-12H2,1-2H3. The molecule has 0 aromatic carbocycles. The van der Waals surface area contributed by atoms with Crippen LogP contribution in [-0.4, -0.2) is 29.5 Å². The first-order chi connectivity index (χ1) is 8.81. The number of nitrogens with one attached hydrogen (secondary N) is 1. The van der Waals surface area contributed by atoms with Gasteiger partial charge in [0.25, 0.3) is 0 Å². The van der Waals surface area contributed by atoms with Crippen molar-refractivity contribution in [2.75, 3.05) is 19.6 Å². The van der Waals surface area contributed by atoms with Crippen LogP contribution in [0.3, 0.4) is 0 Å². The minimum absolute atomic E-state index is 0.901. The van der Waals surface area contributed by atoms with Crippen LogP contribution in [0.25, 0.3) is 0 Å². The zero-order valence-corrected chi connectivity index (χ0v) is 11.7. The Morgan fingerprint density at radius 3 is 2.89 bits per heavy atom. The highest BCUT2D eigenvalue weighted by Crippen LogP contribution is 2.20. The average Bonchev–Trinajstić information content (AvgIpc) is 2.86. The summed E-state index contributed by atoms with van der Waals surface area (Å²) in [6, 6.07) is 4.37. The van der Waals surface area contributed by atoms with Crippen LogP contribution in [0.4, 0.5) is 0 Å².